The number of nitrogens with zero attached hydrogens (tertiary/aromatic N) is 3. The van der Waals surface area contributed by atoms with Gasteiger partial charge in [-0.1, -0.05) is 0 Å². The van der Waals surface area contributed by atoms with Gasteiger partial charge in [0.1, 0.15) is 5.69 Å². The molecule has 3 heterocycles. The van der Waals surface area contributed by atoms with Gasteiger partial charge in [-0.05, 0) is 78.0 Å². The molecule has 0 radical (unpaired) electrons. The van der Waals surface area contributed by atoms with Crippen molar-refractivity contribution in [1.82, 2.24) is 30.4 Å². The molecule has 5 rings (SSSR count). The van der Waals surface area contributed by atoms with Gasteiger partial charge in [0.25, 0.3) is 11.8 Å². The van der Waals surface area contributed by atoms with Gasteiger partial charge in [-0.3, -0.25) is 14.7 Å². The van der Waals surface area contributed by atoms with Gasteiger partial charge in [-0.25, -0.2) is 4.98 Å². The van der Waals surface area contributed by atoms with E-state index in [4.69, 9.17) is 4.98 Å². The summed E-state index contributed by atoms with van der Waals surface area (Å²) in [5.41, 5.74) is 3.12. The number of carbonyl (C=O) groups excluding carboxylic acids is 2. The fourth-order valence-electron chi connectivity index (χ4n) is 4.55. The van der Waals surface area contributed by atoms with Crippen LogP contribution in [0.4, 0.5) is 0 Å². The number of hydrogen-bond acceptors (Lipinski definition) is 5. The Morgan fingerprint density at radius 2 is 2.06 bits per heavy atom. The van der Waals surface area contributed by atoms with Gasteiger partial charge in [-0.15, -0.1) is 11.3 Å². The first-order valence-corrected chi connectivity index (χ1v) is 12.4. The molecular weight excluding hydrogens is 504 g/mol. The van der Waals surface area contributed by atoms with Crippen LogP contribution in [0.25, 0.3) is 22.6 Å². The third-order valence-corrected chi connectivity index (χ3v) is 7.69. The van der Waals surface area contributed by atoms with E-state index in [1.165, 1.54) is 11.3 Å². The molecule has 2 amide bonds. The van der Waals surface area contributed by atoms with E-state index in [-0.39, 0.29) is 23.9 Å². The average Bonchev–Trinajstić information content (AvgIpc) is 3.57. The normalized spacial score (nSPS) is 18.4. The van der Waals surface area contributed by atoms with E-state index in [9.17, 15) is 9.59 Å². The second kappa shape index (κ2) is 9.11. The van der Waals surface area contributed by atoms with E-state index in [2.05, 4.69) is 41.3 Å². The van der Waals surface area contributed by atoms with Crippen molar-refractivity contribution in [1.29, 1.82) is 0 Å². The minimum absolute atomic E-state index is 0.0316. The molecule has 1 fully saturated rings. The predicted octanol–water partition coefficient (Wildman–Crippen LogP) is 4.52. The summed E-state index contributed by atoms with van der Waals surface area (Å²) >= 11 is 4.86. The average molecular weight is 527 g/mol. The SMILES string of the molecule is CNC(=O)c1ccc2c(c1)nc(-c1ccn[nH]1)n2[C@@H]1CCC[C@H](NC(=O)c2ccc(Br)s2)C1. The summed E-state index contributed by atoms with van der Waals surface area (Å²) in [5.74, 6) is 0.613. The highest BCUT2D eigenvalue weighted by Gasteiger charge is 2.29. The van der Waals surface area contributed by atoms with Crippen molar-refractivity contribution < 1.29 is 9.59 Å². The standard InChI is InChI=1S/C23H23BrN6O2S/c1-25-22(31)13-5-6-18-17(11-13)28-21(16-9-10-26-29-16)30(18)15-4-2-3-14(12-15)27-23(32)19-7-8-20(24)33-19/h5-11,14-15H,2-4,12H2,1H3,(H,25,31)(H,26,29)(H,27,32)/t14-,15+/m0/s1. The zero-order valence-electron chi connectivity index (χ0n) is 18.0. The highest BCUT2D eigenvalue weighted by atomic mass is 79.9. The first-order valence-electron chi connectivity index (χ1n) is 10.8. The quantitative estimate of drug-likeness (QED) is 0.355. The van der Waals surface area contributed by atoms with Crippen molar-refractivity contribution in [3.8, 4) is 11.5 Å². The fraction of sp³-hybridized carbons (Fsp3) is 0.304. The van der Waals surface area contributed by atoms with Crippen molar-refractivity contribution >= 4 is 50.1 Å². The molecule has 3 aromatic heterocycles. The molecule has 1 aliphatic rings. The third kappa shape index (κ3) is 4.32. The second-order valence-electron chi connectivity index (χ2n) is 8.15. The van der Waals surface area contributed by atoms with Crippen LogP contribution in [-0.4, -0.2) is 44.7 Å². The van der Waals surface area contributed by atoms with Crippen LogP contribution in [0.3, 0.4) is 0 Å². The number of hydrogen-bond donors (Lipinski definition) is 3. The van der Waals surface area contributed by atoms with Gasteiger partial charge in [-0.2, -0.15) is 5.10 Å². The van der Waals surface area contributed by atoms with Crippen molar-refractivity contribution in [3.63, 3.8) is 0 Å². The predicted molar refractivity (Wildman–Crippen MR) is 131 cm³/mol. The van der Waals surface area contributed by atoms with Crippen LogP contribution in [0, 0.1) is 0 Å². The number of benzene rings is 1. The number of halogens is 1. The molecule has 170 valence electrons. The number of H-pyrrole nitrogens is 1. The molecule has 0 aliphatic heterocycles. The van der Waals surface area contributed by atoms with E-state index >= 15 is 0 Å². The van der Waals surface area contributed by atoms with Gasteiger partial charge < -0.3 is 15.2 Å². The summed E-state index contributed by atoms with van der Waals surface area (Å²) < 4.78 is 3.18. The Morgan fingerprint density at radius 1 is 1.18 bits per heavy atom. The maximum absolute atomic E-state index is 12.7. The number of imidazole rings is 1. The van der Waals surface area contributed by atoms with Crippen molar-refractivity contribution in [2.45, 2.75) is 37.8 Å². The molecule has 1 aromatic carbocycles. The lowest BCUT2D eigenvalue weighted by molar-refractivity contribution is 0.0923. The number of carbonyl (C=O) groups is 2. The third-order valence-electron chi connectivity index (χ3n) is 6.06. The van der Waals surface area contributed by atoms with Crippen molar-refractivity contribution in [3.05, 3.63) is 56.8 Å². The number of nitrogens with one attached hydrogen (secondary N) is 3. The lowest BCUT2D eigenvalue weighted by Crippen LogP contribution is -2.38. The molecule has 0 saturated heterocycles. The van der Waals surface area contributed by atoms with Crippen LogP contribution in [-0.2, 0) is 0 Å². The molecular formula is C23H23BrN6O2S. The molecule has 8 nitrogen and oxygen atoms in total. The maximum Gasteiger partial charge on any atom is 0.261 e. The van der Waals surface area contributed by atoms with E-state index < -0.39 is 0 Å². The van der Waals surface area contributed by atoms with Gasteiger partial charge in [0, 0.05) is 30.9 Å². The Labute approximate surface area is 202 Å². The summed E-state index contributed by atoms with van der Waals surface area (Å²) in [7, 11) is 1.62. The van der Waals surface area contributed by atoms with Crippen molar-refractivity contribution in [2.75, 3.05) is 7.05 Å². The molecule has 1 aliphatic carbocycles. The minimum atomic E-state index is -0.143. The summed E-state index contributed by atoms with van der Waals surface area (Å²) in [4.78, 5) is 30.4. The van der Waals surface area contributed by atoms with E-state index in [1.807, 2.05) is 36.4 Å². The number of fused-ring (bicyclic) bond motifs is 1. The smallest absolute Gasteiger partial charge is 0.261 e. The summed E-state index contributed by atoms with van der Waals surface area (Å²) in [6.45, 7) is 0. The lowest BCUT2D eigenvalue weighted by Gasteiger charge is -2.31. The lowest BCUT2D eigenvalue weighted by atomic mass is 9.90. The van der Waals surface area contributed by atoms with Crippen LogP contribution in [0.5, 0.6) is 0 Å². The summed E-state index contributed by atoms with van der Waals surface area (Å²) in [5, 5.41) is 13.0. The number of aromatic nitrogens is 4. The molecule has 10 heteroatoms. The van der Waals surface area contributed by atoms with Crippen LogP contribution in [0.1, 0.15) is 51.8 Å². The van der Waals surface area contributed by atoms with Crippen molar-refractivity contribution in [2.24, 2.45) is 0 Å². The highest BCUT2D eigenvalue weighted by Crippen LogP contribution is 2.36. The zero-order chi connectivity index (χ0) is 22.9. The molecule has 2 atom stereocenters. The molecule has 0 unspecified atom stereocenters. The largest absolute Gasteiger partial charge is 0.355 e. The first-order chi connectivity index (χ1) is 16.0. The Bertz CT molecular complexity index is 1310. The van der Waals surface area contributed by atoms with Gasteiger partial charge in [0.2, 0.25) is 0 Å². The number of rotatable bonds is 5. The Kier molecular flexibility index (Phi) is 6.03. The maximum atomic E-state index is 12.7. The fourth-order valence-corrected chi connectivity index (χ4v) is 5.84. The van der Waals surface area contributed by atoms with Gasteiger partial charge in [0.15, 0.2) is 5.82 Å². The van der Waals surface area contributed by atoms with E-state index in [0.717, 1.165) is 52.0 Å². The highest BCUT2D eigenvalue weighted by molar-refractivity contribution is 9.11. The Morgan fingerprint density at radius 3 is 2.79 bits per heavy atom. The number of aromatic amines is 1. The Balaban J connectivity index is 1.47. The topological polar surface area (TPSA) is 105 Å². The number of thiophene rings is 1. The minimum Gasteiger partial charge on any atom is -0.355 e. The van der Waals surface area contributed by atoms with Crippen LogP contribution >= 0.6 is 27.3 Å². The molecule has 1 saturated carbocycles. The van der Waals surface area contributed by atoms with Gasteiger partial charge in [0.05, 0.1) is 19.7 Å². The molecule has 33 heavy (non-hydrogen) atoms. The van der Waals surface area contributed by atoms with Crippen LogP contribution in [0.15, 0.2) is 46.4 Å². The van der Waals surface area contributed by atoms with E-state index in [0.29, 0.717) is 10.4 Å². The van der Waals surface area contributed by atoms with Crippen LogP contribution in [0.2, 0.25) is 0 Å². The molecule has 0 spiro atoms. The van der Waals surface area contributed by atoms with E-state index in [1.54, 1.807) is 13.2 Å². The molecule has 3 N–H and O–H groups in total. The summed E-state index contributed by atoms with van der Waals surface area (Å²) in [6, 6.07) is 11.5. The zero-order valence-corrected chi connectivity index (χ0v) is 20.4. The summed E-state index contributed by atoms with van der Waals surface area (Å²) in [6.07, 6.45) is 5.45. The monoisotopic (exact) mass is 526 g/mol. The van der Waals surface area contributed by atoms with Gasteiger partial charge >= 0.3 is 0 Å². The first kappa shape index (κ1) is 21.8. The number of amides is 2. The Hall–Kier alpha value is -2.98. The molecule has 4 aromatic rings. The molecule has 0 bridgehead atoms. The second-order valence-corrected chi connectivity index (χ2v) is 10.6. The van der Waals surface area contributed by atoms with Crippen LogP contribution < -0.4 is 10.6 Å².